The minimum absolute atomic E-state index is 0.0211. The second-order valence-electron chi connectivity index (χ2n) is 14.8. The fourth-order valence-electron chi connectivity index (χ4n) is 8.91. The SMILES string of the molecule is CC(=O)O[C@@]12CO[C@@H]1C[C@H](O)[C@@]1(C)C(=O)[C@H](O)C3=C(C)[C@@H](OC(=O)[C@H](O)Cc4ccccc4)C[C@@](O)([C@@H](OC(=O)c4ccccc4)[C@H]21)C3(C)C. The summed E-state index contributed by atoms with van der Waals surface area (Å²) in [5, 5.41) is 47.8. The molecule has 0 spiro atoms. The van der Waals surface area contributed by atoms with Gasteiger partial charge in [-0.15, -0.1) is 0 Å². The van der Waals surface area contributed by atoms with Crippen molar-refractivity contribution in [1.29, 1.82) is 0 Å². The van der Waals surface area contributed by atoms with Crippen molar-refractivity contribution in [3.05, 3.63) is 82.9 Å². The lowest BCUT2D eigenvalue weighted by Gasteiger charge is -2.67. The standard InChI is InChI=1S/C38H44O12/c1-20-25(48-34(45)24(40)16-22-12-8-6-9-13-22)18-38(46)32(49-33(44)23-14-10-7-11-15-23)30-36(5,31(43)29(42)28(20)35(38,3)4)26(41)17-27-37(30,19-47-27)50-21(2)39/h6-15,24-27,29-30,32,40-42,46H,16-19H2,1-5H3/t24-,25+,26+,27-,29-,30+,32+,36-,37+,38-/m1/s1. The van der Waals surface area contributed by atoms with Crippen LogP contribution in [0.4, 0.5) is 0 Å². The molecule has 2 saturated carbocycles. The molecule has 3 fully saturated rings. The summed E-state index contributed by atoms with van der Waals surface area (Å²) in [6, 6.07) is 16.8. The van der Waals surface area contributed by atoms with Crippen LogP contribution < -0.4 is 0 Å². The van der Waals surface area contributed by atoms with E-state index in [1.807, 2.05) is 0 Å². The van der Waals surface area contributed by atoms with Crippen molar-refractivity contribution >= 4 is 23.7 Å². The van der Waals surface area contributed by atoms with Crippen LogP contribution in [0.1, 0.15) is 63.4 Å². The molecule has 6 rings (SSSR count). The van der Waals surface area contributed by atoms with Gasteiger partial charge in [0.2, 0.25) is 0 Å². The first-order valence-corrected chi connectivity index (χ1v) is 16.8. The third kappa shape index (κ3) is 5.39. The molecular weight excluding hydrogens is 648 g/mol. The maximum Gasteiger partial charge on any atom is 0.338 e. The molecule has 0 unspecified atom stereocenters. The number of hydrogen-bond donors (Lipinski definition) is 4. The zero-order chi connectivity index (χ0) is 36.4. The number of aliphatic hydroxyl groups excluding tert-OH is 3. The lowest BCUT2D eigenvalue weighted by atomic mass is 9.44. The first-order valence-electron chi connectivity index (χ1n) is 16.8. The molecule has 4 N–H and O–H groups in total. The highest BCUT2D eigenvalue weighted by atomic mass is 16.6. The summed E-state index contributed by atoms with van der Waals surface area (Å²) in [4.78, 5) is 54.8. The summed E-state index contributed by atoms with van der Waals surface area (Å²) in [6.45, 7) is 7.09. The van der Waals surface area contributed by atoms with Gasteiger partial charge in [0.25, 0.3) is 0 Å². The second kappa shape index (κ2) is 12.7. The second-order valence-corrected chi connectivity index (χ2v) is 14.8. The average Bonchev–Trinajstić information content (AvgIpc) is 3.07. The predicted octanol–water partition coefficient (Wildman–Crippen LogP) is 2.24. The Morgan fingerprint density at radius 1 is 0.980 bits per heavy atom. The number of hydrogen-bond acceptors (Lipinski definition) is 12. The molecule has 0 amide bonds. The van der Waals surface area contributed by atoms with E-state index in [0.29, 0.717) is 5.56 Å². The monoisotopic (exact) mass is 692 g/mol. The number of aliphatic hydroxyl groups is 4. The van der Waals surface area contributed by atoms with E-state index in [1.165, 1.54) is 26.0 Å². The summed E-state index contributed by atoms with van der Waals surface area (Å²) in [5.41, 5.74) is -6.29. The van der Waals surface area contributed by atoms with Crippen LogP contribution in [0.25, 0.3) is 0 Å². The summed E-state index contributed by atoms with van der Waals surface area (Å²) in [7, 11) is 0. The molecule has 268 valence electrons. The van der Waals surface area contributed by atoms with Crippen LogP contribution >= 0.6 is 0 Å². The van der Waals surface area contributed by atoms with Gasteiger partial charge in [0.1, 0.15) is 30.0 Å². The van der Waals surface area contributed by atoms with E-state index < -0.39 is 94.7 Å². The molecule has 1 heterocycles. The van der Waals surface area contributed by atoms with E-state index in [0.717, 1.165) is 0 Å². The van der Waals surface area contributed by atoms with Crippen LogP contribution in [-0.4, -0.2) is 98.6 Å². The molecule has 12 heteroatoms. The first-order chi connectivity index (χ1) is 23.5. The molecule has 2 aromatic rings. The Kier molecular flexibility index (Phi) is 9.10. The number of esters is 3. The van der Waals surface area contributed by atoms with Crippen molar-refractivity contribution in [3.8, 4) is 0 Å². The molecule has 0 radical (unpaired) electrons. The van der Waals surface area contributed by atoms with E-state index in [-0.39, 0.29) is 36.2 Å². The van der Waals surface area contributed by atoms with Gasteiger partial charge in [-0.25, -0.2) is 9.59 Å². The molecule has 1 aliphatic heterocycles. The third-order valence-electron chi connectivity index (χ3n) is 11.7. The highest BCUT2D eigenvalue weighted by molar-refractivity contribution is 5.94. The topological polar surface area (TPSA) is 186 Å². The van der Waals surface area contributed by atoms with E-state index >= 15 is 0 Å². The summed E-state index contributed by atoms with van der Waals surface area (Å²) in [5.74, 6) is -4.90. The normalized spacial score (nSPS) is 36.4. The number of fused-ring (bicyclic) bond motifs is 5. The van der Waals surface area contributed by atoms with Crippen LogP contribution in [0, 0.1) is 16.7 Å². The highest BCUT2D eigenvalue weighted by Gasteiger charge is 2.78. The molecule has 10 atom stereocenters. The molecule has 2 bridgehead atoms. The van der Waals surface area contributed by atoms with Crippen molar-refractivity contribution in [3.63, 3.8) is 0 Å². The van der Waals surface area contributed by atoms with Crippen LogP contribution in [0.2, 0.25) is 0 Å². The average molecular weight is 693 g/mol. The van der Waals surface area contributed by atoms with Gasteiger partial charge in [-0.2, -0.15) is 0 Å². The number of benzene rings is 2. The summed E-state index contributed by atoms with van der Waals surface area (Å²) < 4.78 is 23.9. The van der Waals surface area contributed by atoms with Gasteiger partial charge in [0, 0.05) is 31.6 Å². The third-order valence-corrected chi connectivity index (χ3v) is 11.7. The van der Waals surface area contributed by atoms with Crippen LogP contribution in [0.15, 0.2) is 71.8 Å². The molecule has 12 nitrogen and oxygen atoms in total. The van der Waals surface area contributed by atoms with E-state index in [9.17, 15) is 39.6 Å². The Hall–Kier alpha value is -3.94. The first kappa shape index (κ1) is 35.9. The number of carbonyl (C=O) groups is 4. The van der Waals surface area contributed by atoms with Crippen molar-refractivity contribution in [1.82, 2.24) is 0 Å². The molecule has 50 heavy (non-hydrogen) atoms. The number of ether oxygens (including phenoxy) is 4. The smallest absolute Gasteiger partial charge is 0.338 e. The van der Waals surface area contributed by atoms with Gasteiger partial charge in [-0.1, -0.05) is 62.4 Å². The fourth-order valence-corrected chi connectivity index (χ4v) is 8.91. The number of Topliss-reactive ketones (excluding diaryl/α,β-unsaturated/α-hetero) is 1. The van der Waals surface area contributed by atoms with Gasteiger partial charge in [-0.05, 0) is 42.7 Å². The summed E-state index contributed by atoms with van der Waals surface area (Å²) >= 11 is 0. The van der Waals surface area contributed by atoms with Crippen LogP contribution in [0.5, 0.6) is 0 Å². The number of carbonyl (C=O) groups excluding carboxylic acids is 4. The van der Waals surface area contributed by atoms with Crippen LogP contribution in [0.3, 0.4) is 0 Å². The van der Waals surface area contributed by atoms with Gasteiger partial charge < -0.3 is 39.4 Å². The van der Waals surface area contributed by atoms with E-state index in [4.69, 9.17) is 18.9 Å². The zero-order valence-electron chi connectivity index (χ0n) is 28.7. The lowest BCUT2D eigenvalue weighted by molar-refractivity contribution is -0.346. The molecular formula is C38H44O12. The molecule has 4 aliphatic rings. The van der Waals surface area contributed by atoms with Crippen molar-refractivity contribution in [2.24, 2.45) is 16.7 Å². The fraction of sp³-hybridized carbons (Fsp3) is 0.526. The van der Waals surface area contributed by atoms with Gasteiger partial charge in [0.05, 0.1) is 29.6 Å². The molecule has 2 aromatic carbocycles. The Balaban J connectivity index is 1.52. The number of ketones is 1. The van der Waals surface area contributed by atoms with E-state index in [1.54, 1.807) is 69.3 Å². The molecule has 3 aliphatic carbocycles. The maximum absolute atomic E-state index is 14.8. The quantitative estimate of drug-likeness (QED) is 0.189. The Labute approximate surface area is 290 Å². The molecule has 1 saturated heterocycles. The van der Waals surface area contributed by atoms with Gasteiger partial charge >= 0.3 is 17.9 Å². The zero-order valence-corrected chi connectivity index (χ0v) is 28.7. The van der Waals surface area contributed by atoms with Crippen molar-refractivity contribution < 1.29 is 58.6 Å². The Morgan fingerprint density at radius 3 is 2.18 bits per heavy atom. The maximum atomic E-state index is 14.8. The number of rotatable bonds is 7. The Morgan fingerprint density at radius 2 is 1.60 bits per heavy atom. The van der Waals surface area contributed by atoms with Gasteiger partial charge in [0.15, 0.2) is 17.5 Å². The lowest BCUT2D eigenvalue weighted by Crippen LogP contribution is -2.81. The molecule has 0 aromatic heterocycles. The van der Waals surface area contributed by atoms with Gasteiger partial charge in [-0.3, -0.25) is 9.59 Å². The van der Waals surface area contributed by atoms with E-state index in [2.05, 4.69) is 0 Å². The predicted molar refractivity (Wildman–Crippen MR) is 175 cm³/mol. The minimum Gasteiger partial charge on any atom is -0.456 e. The largest absolute Gasteiger partial charge is 0.456 e. The minimum atomic E-state index is -2.24. The van der Waals surface area contributed by atoms with Crippen molar-refractivity contribution in [2.45, 2.75) is 102 Å². The highest BCUT2D eigenvalue weighted by Crippen LogP contribution is 2.64. The Bertz CT molecular complexity index is 1700. The van der Waals surface area contributed by atoms with Crippen LogP contribution in [-0.2, 0) is 39.8 Å². The van der Waals surface area contributed by atoms with Crippen molar-refractivity contribution in [2.75, 3.05) is 6.61 Å². The summed E-state index contributed by atoms with van der Waals surface area (Å²) in [6.07, 6.45) is -9.52.